The highest BCUT2D eigenvalue weighted by Gasteiger charge is 2.13. The van der Waals surface area contributed by atoms with Crippen LogP contribution in [-0.4, -0.2) is 25.5 Å². The third kappa shape index (κ3) is 5.84. The highest BCUT2D eigenvalue weighted by molar-refractivity contribution is 6.35. The molecule has 0 bridgehead atoms. The number of carbonyl (C=O) groups is 1. The Balaban J connectivity index is 1.25. The van der Waals surface area contributed by atoms with Gasteiger partial charge in [0.25, 0.3) is 5.91 Å². The Morgan fingerprint density at radius 1 is 1.06 bits per heavy atom. The molecule has 4 rings (SSSR count). The van der Waals surface area contributed by atoms with Gasteiger partial charge in [-0.15, -0.1) is 0 Å². The van der Waals surface area contributed by atoms with Gasteiger partial charge in [-0.25, -0.2) is 5.43 Å². The SMILES string of the molecule is O=C(CNc1ccc2c(c1)OCO2)N/N=C/c1cccc(OCc2ccc(Cl)cc2Cl)c1. The van der Waals surface area contributed by atoms with Gasteiger partial charge in [0.05, 0.1) is 12.8 Å². The van der Waals surface area contributed by atoms with Crippen LogP contribution in [0, 0.1) is 0 Å². The molecule has 0 radical (unpaired) electrons. The summed E-state index contributed by atoms with van der Waals surface area (Å²) in [4.78, 5) is 12.0. The number of halogens is 2. The first-order valence-electron chi connectivity index (χ1n) is 9.69. The Kier molecular flexibility index (Phi) is 6.99. The van der Waals surface area contributed by atoms with E-state index in [1.807, 2.05) is 36.4 Å². The molecule has 3 aromatic carbocycles. The van der Waals surface area contributed by atoms with E-state index < -0.39 is 0 Å². The van der Waals surface area contributed by atoms with Gasteiger partial charge in [-0.05, 0) is 42.0 Å². The Morgan fingerprint density at radius 2 is 1.94 bits per heavy atom. The van der Waals surface area contributed by atoms with Gasteiger partial charge in [0.1, 0.15) is 12.4 Å². The standard InChI is InChI=1S/C23H19Cl2N3O4/c24-17-5-4-16(20(25)9-17)13-30-19-3-1-2-15(8-19)11-27-28-23(29)12-26-18-6-7-21-22(10-18)32-14-31-21/h1-11,26H,12-14H2,(H,28,29)/b27-11+. The minimum Gasteiger partial charge on any atom is -0.489 e. The van der Waals surface area contributed by atoms with Crippen molar-refractivity contribution in [3.63, 3.8) is 0 Å². The van der Waals surface area contributed by atoms with Crippen molar-refractivity contribution in [1.29, 1.82) is 0 Å². The average Bonchev–Trinajstić information content (AvgIpc) is 3.25. The van der Waals surface area contributed by atoms with Gasteiger partial charge in [-0.1, -0.05) is 41.4 Å². The topological polar surface area (TPSA) is 81.2 Å². The van der Waals surface area contributed by atoms with Crippen molar-refractivity contribution in [2.75, 3.05) is 18.7 Å². The van der Waals surface area contributed by atoms with Crippen LogP contribution in [0.5, 0.6) is 17.2 Å². The van der Waals surface area contributed by atoms with E-state index in [0.717, 1.165) is 16.8 Å². The van der Waals surface area contributed by atoms with E-state index in [1.54, 1.807) is 30.5 Å². The molecular weight excluding hydrogens is 453 g/mol. The van der Waals surface area contributed by atoms with E-state index in [0.29, 0.717) is 33.9 Å². The molecule has 1 heterocycles. The van der Waals surface area contributed by atoms with E-state index in [1.165, 1.54) is 0 Å². The summed E-state index contributed by atoms with van der Waals surface area (Å²) in [5.41, 5.74) is 4.84. The van der Waals surface area contributed by atoms with E-state index in [2.05, 4.69) is 15.8 Å². The number of benzene rings is 3. The van der Waals surface area contributed by atoms with Crippen molar-refractivity contribution in [2.24, 2.45) is 5.10 Å². The summed E-state index contributed by atoms with van der Waals surface area (Å²) in [7, 11) is 0. The molecule has 0 aliphatic carbocycles. The number of hydrogen-bond acceptors (Lipinski definition) is 6. The molecule has 7 nitrogen and oxygen atoms in total. The Hall–Kier alpha value is -3.42. The zero-order chi connectivity index (χ0) is 22.3. The van der Waals surface area contributed by atoms with Crippen molar-refractivity contribution < 1.29 is 19.0 Å². The maximum absolute atomic E-state index is 12.0. The summed E-state index contributed by atoms with van der Waals surface area (Å²) in [6.07, 6.45) is 1.54. The lowest BCUT2D eigenvalue weighted by Gasteiger charge is -2.08. The predicted molar refractivity (Wildman–Crippen MR) is 124 cm³/mol. The molecule has 0 aromatic heterocycles. The van der Waals surface area contributed by atoms with E-state index >= 15 is 0 Å². The van der Waals surface area contributed by atoms with Gasteiger partial charge in [0, 0.05) is 27.4 Å². The maximum Gasteiger partial charge on any atom is 0.259 e. The second kappa shape index (κ2) is 10.3. The van der Waals surface area contributed by atoms with Gasteiger partial charge in [0.15, 0.2) is 11.5 Å². The van der Waals surface area contributed by atoms with Crippen LogP contribution in [0.4, 0.5) is 5.69 Å². The summed E-state index contributed by atoms with van der Waals surface area (Å²) in [6.45, 7) is 0.565. The molecule has 32 heavy (non-hydrogen) atoms. The fraction of sp³-hybridized carbons (Fsp3) is 0.130. The number of hydrogen-bond donors (Lipinski definition) is 2. The normalized spacial score (nSPS) is 12.1. The number of anilines is 1. The molecule has 0 spiro atoms. The summed E-state index contributed by atoms with van der Waals surface area (Å²) >= 11 is 12.1. The number of ether oxygens (including phenoxy) is 3. The van der Waals surface area contributed by atoms with Gasteiger partial charge in [-0.3, -0.25) is 4.79 Å². The molecule has 0 unspecified atom stereocenters. The van der Waals surface area contributed by atoms with Crippen LogP contribution in [0.25, 0.3) is 0 Å². The third-order valence-corrected chi connectivity index (χ3v) is 5.08. The van der Waals surface area contributed by atoms with E-state index in [9.17, 15) is 4.79 Å². The molecule has 164 valence electrons. The van der Waals surface area contributed by atoms with Crippen molar-refractivity contribution in [3.05, 3.63) is 81.8 Å². The number of hydrazone groups is 1. The molecule has 0 saturated heterocycles. The molecule has 9 heteroatoms. The van der Waals surface area contributed by atoms with Gasteiger partial charge in [0.2, 0.25) is 6.79 Å². The quantitative estimate of drug-likeness (QED) is 0.362. The van der Waals surface area contributed by atoms with Crippen molar-refractivity contribution in [1.82, 2.24) is 5.43 Å². The minimum atomic E-state index is -0.288. The van der Waals surface area contributed by atoms with Crippen molar-refractivity contribution in [2.45, 2.75) is 6.61 Å². The molecule has 1 amide bonds. The summed E-state index contributed by atoms with van der Waals surface area (Å²) in [5, 5.41) is 8.13. The van der Waals surface area contributed by atoms with Crippen LogP contribution in [-0.2, 0) is 11.4 Å². The monoisotopic (exact) mass is 471 g/mol. The Morgan fingerprint density at radius 3 is 2.81 bits per heavy atom. The molecule has 0 fully saturated rings. The summed E-state index contributed by atoms with van der Waals surface area (Å²) < 4.78 is 16.4. The van der Waals surface area contributed by atoms with Crippen molar-refractivity contribution in [3.8, 4) is 17.2 Å². The molecule has 0 atom stereocenters. The first-order valence-corrected chi connectivity index (χ1v) is 10.4. The molecular formula is C23H19Cl2N3O4. The van der Waals surface area contributed by atoms with E-state index in [-0.39, 0.29) is 19.2 Å². The third-order valence-electron chi connectivity index (χ3n) is 4.50. The fourth-order valence-electron chi connectivity index (χ4n) is 2.89. The first-order chi connectivity index (χ1) is 15.6. The number of amides is 1. The van der Waals surface area contributed by atoms with Crippen LogP contribution in [0.1, 0.15) is 11.1 Å². The second-order valence-electron chi connectivity index (χ2n) is 6.81. The van der Waals surface area contributed by atoms with Gasteiger partial charge < -0.3 is 19.5 Å². The summed E-state index contributed by atoms with van der Waals surface area (Å²) in [5.74, 6) is 1.69. The number of nitrogens with one attached hydrogen (secondary N) is 2. The van der Waals surface area contributed by atoms with E-state index in [4.69, 9.17) is 37.4 Å². The molecule has 3 aromatic rings. The zero-order valence-electron chi connectivity index (χ0n) is 16.8. The zero-order valence-corrected chi connectivity index (χ0v) is 18.3. The lowest BCUT2D eigenvalue weighted by Crippen LogP contribution is -2.25. The number of fused-ring (bicyclic) bond motifs is 1. The van der Waals surface area contributed by atoms with Crippen LogP contribution < -0.4 is 25.0 Å². The van der Waals surface area contributed by atoms with Crippen LogP contribution in [0.2, 0.25) is 10.0 Å². The van der Waals surface area contributed by atoms with Crippen LogP contribution in [0.3, 0.4) is 0 Å². The van der Waals surface area contributed by atoms with Gasteiger partial charge >= 0.3 is 0 Å². The van der Waals surface area contributed by atoms with Crippen LogP contribution in [0.15, 0.2) is 65.8 Å². The smallest absolute Gasteiger partial charge is 0.259 e. The predicted octanol–water partition coefficient (Wildman–Crippen LogP) is 4.86. The number of carbonyl (C=O) groups excluding carboxylic acids is 1. The molecule has 1 aliphatic rings. The molecule has 0 saturated carbocycles. The Labute approximate surface area is 194 Å². The lowest BCUT2D eigenvalue weighted by atomic mass is 10.2. The summed E-state index contributed by atoms with van der Waals surface area (Å²) in [6, 6.07) is 18.0. The average molecular weight is 472 g/mol. The largest absolute Gasteiger partial charge is 0.489 e. The van der Waals surface area contributed by atoms with Crippen LogP contribution >= 0.6 is 23.2 Å². The fourth-order valence-corrected chi connectivity index (χ4v) is 3.35. The minimum absolute atomic E-state index is 0.0575. The maximum atomic E-state index is 12.0. The Bertz CT molecular complexity index is 1150. The second-order valence-corrected chi connectivity index (χ2v) is 7.66. The number of nitrogens with zero attached hydrogens (tertiary/aromatic N) is 1. The number of rotatable bonds is 8. The van der Waals surface area contributed by atoms with Crippen molar-refractivity contribution >= 4 is 41.0 Å². The molecule has 2 N–H and O–H groups in total. The molecule has 1 aliphatic heterocycles. The first kappa shape index (κ1) is 21.8. The highest BCUT2D eigenvalue weighted by Crippen LogP contribution is 2.34. The lowest BCUT2D eigenvalue weighted by molar-refractivity contribution is -0.119. The highest BCUT2D eigenvalue weighted by atomic mass is 35.5. The van der Waals surface area contributed by atoms with Gasteiger partial charge in [-0.2, -0.15) is 5.10 Å².